The van der Waals surface area contributed by atoms with E-state index in [9.17, 15) is 31.5 Å². The molecule has 1 amide bonds. The minimum Gasteiger partial charge on any atom is -0.449 e. The van der Waals surface area contributed by atoms with Gasteiger partial charge in [-0.15, -0.1) is 0 Å². The molecule has 0 saturated carbocycles. The van der Waals surface area contributed by atoms with E-state index in [0.717, 1.165) is 24.3 Å². The lowest BCUT2D eigenvalue weighted by molar-refractivity contribution is -0.137. The summed E-state index contributed by atoms with van der Waals surface area (Å²) in [6.45, 7) is 2.72. The molecular weight excluding hydrogens is 439 g/mol. The highest BCUT2D eigenvalue weighted by Gasteiger charge is 2.32. The smallest absolute Gasteiger partial charge is 0.416 e. The molecule has 1 fully saturated rings. The van der Waals surface area contributed by atoms with Crippen molar-refractivity contribution in [3.05, 3.63) is 59.2 Å². The lowest BCUT2D eigenvalue weighted by atomic mass is 10.1. The third kappa shape index (κ3) is 5.52. The quantitative estimate of drug-likeness (QED) is 0.542. The van der Waals surface area contributed by atoms with Gasteiger partial charge in [0, 0.05) is 19.2 Å². The second-order valence-electron chi connectivity index (χ2n) is 6.99. The number of nitrogens with one attached hydrogen (secondary N) is 1. The number of halogens is 5. The fourth-order valence-electron chi connectivity index (χ4n) is 3.06. The molecule has 1 atom stereocenters. The van der Waals surface area contributed by atoms with Gasteiger partial charge in [0.15, 0.2) is 6.10 Å². The molecule has 6 nitrogen and oxygen atoms in total. The highest BCUT2D eigenvalue weighted by atomic mass is 19.4. The summed E-state index contributed by atoms with van der Waals surface area (Å²) in [7, 11) is 0. The summed E-state index contributed by atoms with van der Waals surface area (Å²) in [6, 6.07) is 5.13. The lowest BCUT2D eigenvalue weighted by Crippen LogP contribution is -2.37. The molecule has 2 aromatic carbocycles. The van der Waals surface area contributed by atoms with Crippen LogP contribution in [0.4, 0.5) is 33.3 Å². The van der Waals surface area contributed by atoms with E-state index in [1.165, 1.54) is 13.0 Å². The summed E-state index contributed by atoms with van der Waals surface area (Å²) in [5, 5.41) is 2.35. The standard InChI is InChI=1S/C21H19F5N2O4/c1-12(32-20(30)15-4-3-14(22)11-16(15)23)19(29)27-17-10-13(21(24,25)26)2-5-18(17)28-6-8-31-9-7-28/h2-5,10-12H,6-9H2,1H3,(H,27,29). The van der Waals surface area contributed by atoms with Crippen LogP contribution in [-0.2, 0) is 20.4 Å². The number of benzene rings is 2. The monoisotopic (exact) mass is 458 g/mol. The van der Waals surface area contributed by atoms with Gasteiger partial charge < -0.3 is 19.7 Å². The van der Waals surface area contributed by atoms with Crippen LogP contribution in [0, 0.1) is 11.6 Å². The van der Waals surface area contributed by atoms with E-state index in [4.69, 9.17) is 9.47 Å². The van der Waals surface area contributed by atoms with Crippen molar-refractivity contribution in [2.45, 2.75) is 19.2 Å². The molecule has 3 rings (SSSR count). The molecule has 1 N–H and O–H groups in total. The number of alkyl halides is 3. The Morgan fingerprint density at radius 2 is 1.78 bits per heavy atom. The van der Waals surface area contributed by atoms with E-state index in [-0.39, 0.29) is 5.69 Å². The van der Waals surface area contributed by atoms with E-state index in [0.29, 0.717) is 38.1 Å². The van der Waals surface area contributed by atoms with E-state index in [1.807, 2.05) is 0 Å². The van der Waals surface area contributed by atoms with E-state index in [2.05, 4.69) is 5.32 Å². The number of carbonyl (C=O) groups is 2. The number of carbonyl (C=O) groups excluding carboxylic acids is 2. The maximum atomic E-state index is 13.8. The van der Waals surface area contributed by atoms with Crippen molar-refractivity contribution in [1.82, 2.24) is 0 Å². The van der Waals surface area contributed by atoms with Crippen LogP contribution in [0.3, 0.4) is 0 Å². The molecule has 0 aliphatic carbocycles. The molecule has 0 bridgehead atoms. The average molecular weight is 458 g/mol. The highest BCUT2D eigenvalue weighted by molar-refractivity contribution is 5.99. The summed E-state index contributed by atoms with van der Waals surface area (Å²) in [4.78, 5) is 26.4. The van der Waals surface area contributed by atoms with Crippen LogP contribution >= 0.6 is 0 Å². The molecule has 32 heavy (non-hydrogen) atoms. The second kappa shape index (κ2) is 9.51. The number of ether oxygens (including phenoxy) is 2. The maximum absolute atomic E-state index is 13.8. The molecule has 1 heterocycles. The van der Waals surface area contributed by atoms with Crippen molar-refractivity contribution >= 4 is 23.3 Å². The lowest BCUT2D eigenvalue weighted by Gasteiger charge is -2.31. The number of amides is 1. The first-order valence-electron chi connectivity index (χ1n) is 9.57. The number of morpholine rings is 1. The summed E-state index contributed by atoms with van der Waals surface area (Å²) in [5.74, 6) is -4.21. The Hall–Kier alpha value is -3.21. The second-order valence-corrected chi connectivity index (χ2v) is 6.99. The highest BCUT2D eigenvalue weighted by Crippen LogP contribution is 2.36. The fraction of sp³-hybridized carbons (Fsp3) is 0.333. The summed E-state index contributed by atoms with van der Waals surface area (Å²) in [5.41, 5.74) is -1.33. The van der Waals surface area contributed by atoms with Crippen molar-refractivity contribution < 1.29 is 41.0 Å². The van der Waals surface area contributed by atoms with Crippen LogP contribution in [0.5, 0.6) is 0 Å². The largest absolute Gasteiger partial charge is 0.449 e. The third-order valence-electron chi connectivity index (χ3n) is 4.74. The Morgan fingerprint density at radius 3 is 2.41 bits per heavy atom. The van der Waals surface area contributed by atoms with Gasteiger partial charge in [0.1, 0.15) is 11.6 Å². The predicted molar refractivity (Wildman–Crippen MR) is 104 cm³/mol. The molecule has 172 valence electrons. The Morgan fingerprint density at radius 1 is 1.09 bits per heavy atom. The van der Waals surface area contributed by atoms with Crippen LogP contribution in [0.15, 0.2) is 36.4 Å². The van der Waals surface area contributed by atoms with Crippen molar-refractivity contribution in [3.63, 3.8) is 0 Å². The van der Waals surface area contributed by atoms with Crippen LogP contribution in [0.1, 0.15) is 22.8 Å². The number of hydrogen-bond donors (Lipinski definition) is 1. The minimum atomic E-state index is -4.64. The van der Waals surface area contributed by atoms with Crippen LogP contribution in [-0.4, -0.2) is 44.3 Å². The van der Waals surface area contributed by atoms with Crippen LogP contribution in [0.25, 0.3) is 0 Å². The van der Waals surface area contributed by atoms with Crippen molar-refractivity contribution in [2.75, 3.05) is 36.5 Å². The maximum Gasteiger partial charge on any atom is 0.416 e. The zero-order valence-electron chi connectivity index (χ0n) is 16.8. The van der Waals surface area contributed by atoms with Gasteiger partial charge in [-0.1, -0.05) is 0 Å². The Kier molecular flexibility index (Phi) is 6.97. The minimum absolute atomic E-state index is 0.123. The molecule has 1 aliphatic heterocycles. The molecule has 1 unspecified atom stereocenters. The number of esters is 1. The summed E-state index contributed by atoms with van der Waals surface area (Å²) in [6.07, 6.45) is -6.11. The normalized spacial score (nSPS) is 15.2. The zero-order chi connectivity index (χ0) is 23.5. The van der Waals surface area contributed by atoms with E-state index in [1.54, 1.807) is 4.90 Å². The average Bonchev–Trinajstić information content (AvgIpc) is 2.73. The van der Waals surface area contributed by atoms with Crippen molar-refractivity contribution in [1.29, 1.82) is 0 Å². The van der Waals surface area contributed by atoms with Gasteiger partial charge in [0.05, 0.1) is 35.7 Å². The number of anilines is 2. The number of rotatable bonds is 5. The van der Waals surface area contributed by atoms with Gasteiger partial charge in [0.25, 0.3) is 5.91 Å². The fourth-order valence-corrected chi connectivity index (χ4v) is 3.06. The summed E-state index contributed by atoms with van der Waals surface area (Å²) >= 11 is 0. The van der Waals surface area contributed by atoms with Crippen LogP contribution in [0.2, 0.25) is 0 Å². The van der Waals surface area contributed by atoms with Gasteiger partial charge in [-0.25, -0.2) is 13.6 Å². The molecule has 1 saturated heterocycles. The Labute approximate surface area is 179 Å². The molecule has 1 aliphatic rings. The topological polar surface area (TPSA) is 67.9 Å². The molecule has 0 radical (unpaired) electrons. The molecular formula is C21H19F5N2O4. The SMILES string of the molecule is CC(OC(=O)c1ccc(F)cc1F)C(=O)Nc1cc(C(F)(F)F)ccc1N1CCOCC1. The number of hydrogen-bond acceptors (Lipinski definition) is 5. The zero-order valence-corrected chi connectivity index (χ0v) is 16.8. The molecule has 11 heteroatoms. The van der Waals surface area contributed by atoms with Crippen molar-refractivity contribution in [2.24, 2.45) is 0 Å². The van der Waals surface area contributed by atoms with Gasteiger partial charge in [-0.3, -0.25) is 4.79 Å². The van der Waals surface area contributed by atoms with Gasteiger partial charge in [-0.05, 0) is 37.3 Å². The van der Waals surface area contributed by atoms with E-state index >= 15 is 0 Å². The Balaban J connectivity index is 1.79. The van der Waals surface area contributed by atoms with Crippen LogP contribution < -0.4 is 10.2 Å². The van der Waals surface area contributed by atoms with Gasteiger partial charge in [-0.2, -0.15) is 13.2 Å². The predicted octanol–water partition coefficient (Wildman–Crippen LogP) is 4.00. The molecule has 0 aromatic heterocycles. The van der Waals surface area contributed by atoms with Crippen molar-refractivity contribution in [3.8, 4) is 0 Å². The summed E-state index contributed by atoms with van der Waals surface area (Å²) < 4.78 is 76.5. The first-order chi connectivity index (χ1) is 15.1. The first kappa shape index (κ1) is 23.5. The van der Waals surface area contributed by atoms with Gasteiger partial charge in [0.2, 0.25) is 0 Å². The number of nitrogens with zero attached hydrogens (tertiary/aromatic N) is 1. The molecule has 2 aromatic rings. The third-order valence-corrected chi connectivity index (χ3v) is 4.74. The first-order valence-corrected chi connectivity index (χ1v) is 9.57. The van der Waals surface area contributed by atoms with E-state index < -0.39 is 46.9 Å². The van der Waals surface area contributed by atoms with Gasteiger partial charge >= 0.3 is 12.1 Å². The molecule has 0 spiro atoms. The Bertz CT molecular complexity index is 1010.